The Morgan fingerprint density at radius 3 is 2.75 bits per heavy atom. The van der Waals surface area contributed by atoms with Gasteiger partial charge in [-0.15, -0.1) is 0 Å². The van der Waals surface area contributed by atoms with Crippen molar-refractivity contribution in [2.24, 2.45) is 4.99 Å². The van der Waals surface area contributed by atoms with Gasteiger partial charge in [0.25, 0.3) is 0 Å². The van der Waals surface area contributed by atoms with E-state index in [4.69, 9.17) is 0 Å². The number of hydrogen-bond donors (Lipinski definition) is 0. The van der Waals surface area contributed by atoms with Crippen LogP contribution in [0.4, 0.5) is 5.69 Å². The topological polar surface area (TPSA) is 12.4 Å². The SMILES string of the molecule is C=C(CCC(=C)c1ccc2c(c1)N=CC2)C1=CC=CC1. The molecule has 1 aromatic carbocycles. The van der Waals surface area contributed by atoms with Gasteiger partial charge in [0.1, 0.15) is 0 Å². The summed E-state index contributed by atoms with van der Waals surface area (Å²) >= 11 is 0. The predicted octanol–water partition coefficient (Wildman–Crippen LogP) is 5.18. The van der Waals surface area contributed by atoms with Gasteiger partial charge in [0.2, 0.25) is 0 Å². The fourth-order valence-electron chi connectivity index (χ4n) is 2.64. The maximum atomic E-state index is 4.40. The van der Waals surface area contributed by atoms with Crippen molar-refractivity contribution in [3.8, 4) is 0 Å². The second-order valence-electron chi connectivity index (χ2n) is 5.39. The Labute approximate surface area is 120 Å². The predicted molar refractivity (Wildman–Crippen MR) is 87.5 cm³/mol. The molecular weight excluding hydrogens is 242 g/mol. The molecule has 0 fully saturated rings. The van der Waals surface area contributed by atoms with Crippen LogP contribution in [0.1, 0.15) is 30.4 Å². The molecule has 1 heteroatoms. The highest BCUT2D eigenvalue weighted by Crippen LogP contribution is 2.31. The quantitative estimate of drug-likeness (QED) is 0.692. The van der Waals surface area contributed by atoms with Crippen molar-refractivity contribution >= 4 is 17.5 Å². The van der Waals surface area contributed by atoms with Gasteiger partial charge < -0.3 is 0 Å². The Hall–Kier alpha value is -2.15. The van der Waals surface area contributed by atoms with Gasteiger partial charge in [0.15, 0.2) is 0 Å². The van der Waals surface area contributed by atoms with Gasteiger partial charge in [-0.1, -0.05) is 49.1 Å². The van der Waals surface area contributed by atoms with Crippen molar-refractivity contribution in [1.29, 1.82) is 0 Å². The fraction of sp³-hybridized carbons (Fsp3) is 0.211. The zero-order valence-electron chi connectivity index (χ0n) is 11.7. The standard InChI is InChI=1S/C19H19N/c1-14(16-5-3-4-6-16)7-8-15(2)18-10-9-17-11-12-20-19(17)13-18/h3-5,9-10,12-13H,1-2,6-8,11H2. The molecule has 1 aromatic rings. The van der Waals surface area contributed by atoms with Crippen LogP contribution in [0.15, 0.2) is 65.7 Å². The number of nitrogens with zero attached hydrogens (tertiary/aromatic N) is 1. The normalized spacial score (nSPS) is 15.3. The summed E-state index contributed by atoms with van der Waals surface area (Å²) in [6, 6.07) is 6.48. The van der Waals surface area contributed by atoms with Crippen LogP contribution in [0.3, 0.4) is 0 Å². The van der Waals surface area contributed by atoms with Crippen molar-refractivity contribution in [1.82, 2.24) is 0 Å². The number of aliphatic imine (C=N–C) groups is 1. The maximum absolute atomic E-state index is 4.40. The molecule has 100 valence electrons. The summed E-state index contributed by atoms with van der Waals surface area (Å²) in [7, 11) is 0. The molecule has 1 aliphatic carbocycles. The van der Waals surface area contributed by atoms with Gasteiger partial charge >= 0.3 is 0 Å². The molecule has 1 heterocycles. The first-order valence-corrected chi connectivity index (χ1v) is 7.11. The number of fused-ring (bicyclic) bond motifs is 1. The smallest absolute Gasteiger partial charge is 0.0667 e. The molecule has 0 spiro atoms. The Kier molecular flexibility index (Phi) is 3.51. The van der Waals surface area contributed by atoms with Crippen LogP contribution in [-0.4, -0.2) is 6.21 Å². The van der Waals surface area contributed by atoms with E-state index >= 15 is 0 Å². The van der Waals surface area contributed by atoms with Gasteiger partial charge in [-0.2, -0.15) is 0 Å². The molecule has 0 N–H and O–H groups in total. The number of hydrogen-bond acceptors (Lipinski definition) is 1. The van der Waals surface area contributed by atoms with Gasteiger partial charge in [0.05, 0.1) is 5.69 Å². The van der Waals surface area contributed by atoms with Gasteiger partial charge in [0, 0.05) is 12.6 Å². The molecule has 2 aliphatic rings. The third kappa shape index (κ3) is 2.57. The first kappa shape index (κ1) is 12.9. The lowest BCUT2D eigenvalue weighted by Gasteiger charge is -2.10. The third-order valence-electron chi connectivity index (χ3n) is 3.99. The van der Waals surface area contributed by atoms with Crippen LogP contribution in [-0.2, 0) is 6.42 Å². The average molecular weight is 261 g/mol. The largest absolute Gasteiger partial charge is 0.261 e. The van der Waals surface area contributed by atoms with Crippen molar-refractivity contribution in [2.45, 2.75) is 25.7 Å². The van der Waals surface area contributed by atoms with E-state index in [1.54, 1.807) is 0 Å². The number of rotatable bonds is 5. The lowest BCUT2D eigenvalue weighted by molar-refractivity contribution is 0.994. The Morgan fingerprint density at radius 1 is 1.10 bits per heavy atom. The second-order valence-corrected chi connectivity index (χ2v) is 5.39. The molecule has 0 radical (unpaired) electrons. The summed E-state index contributed by atoms with van der Waals surface area (Å²) in [6.45, 7) is 8.41. The highest BCUT2D eigenvalue weighted by atomic mass is 14.7. The van der Waals surface area contributed by atoms with Crippen LogP contribution >= 0.6 is 0 Å². The van der Waals surface area contributed by atoms with E-state index in [2.05, 4.69) is 54.6 Å². The van der Waals surface area contributed by atoms with Crippen LogP contribution in [0, 0.1) is 0 Å². The van der Waals surface area contributed by atoms with Crippen molar-refractivity contribution < 1.29 is 0 Å². The Morgan fingerprint density at radius 2 is 1.95 bits per heavy atom. The molecular formula is C19H19N. The molecule has 3 rings (SSSR count). The summed E-state index contributed by atoms with van der Waals surface area (Å²) in [6.07, 6.45) is 12.3. The van der Waals surface area contributed by atoms with Crippen molar-refractivity contribution in [3.05, 3.63) is 71.9 Å². The Balaban J connectivity index is 1.62. The molecule has 20 heavy (non-hydrogen) atoms. The minimum atomic E-state index is 0.957. The molecule has 0 atom stereocenters. The van der Waals surface area contributed by atoms with Gasteiger partial charge in [-0.05, 0) is 47.6 Å². The maximum Gasteiger partial charge on any atom is 0.0667 e. The lowest BCUT2D eigenvalue weighted by atomic mass is 9.95. The first-order chi connectivity index (χ1) is 9.74. The number of allylic oxidation sites excluding steroid dienone is 6. The summed E-state index contributed by atoms with van der Waals surface area (Å²) in [5, 5.41) is 0. The highest BCUT2D eigenvalue weighted by molar-refractivity contribution is 5.78. The highest BCUT2D eigenvalue weighted by Gasteiger charge is 2.10. The Bertz CT molecular complexity index is 656. The molecule has 0 aromatic heterocycles. The van der Waals surface area contributed by atoms with E-state index in [1.807, 2.05) is 6.21 Å². The zero-order valence-corrected chi connectivity index (χ0v) is 11.7. The first-order valence-electron chi connectivity index (χ1n) is 7.11. The van der Waals surface area contributed by atoms with Crippen LogP contribution in [0.2, 0.25) is 0 Å². The summed E-state index contributed by atoms with van der Waals surface area (Å²) in [4.78, 5) is 4.40. The van der Waals surface area contributed by atoms with E-state index in [0.717, 1.165) is 31.4 Å². The number of benzene rings is 1. The summed E-state index contributed by atoms with van der Waals surface area (Å²) < 4.78 is 0. The zero-order chi connectivity index (χ0) is 13.9. The molecule has 0 saturated carbocycles. The van der Waals surface area contributed by atoms with Gasteiger partial charge in [-0.25, -0.2) is 0 Å². The lowest BCUT2D eigenvalue weighted by Crippen LogP contribution is -1.89. The summed E-state index contributed by atoms with van der Waals surface area (Å²) in [5.41, 5.74) is 7.38. The molecule has 0 unspecified atom stereocenters. The second kappa shape index (κ2) is 5.46. The van der Waals surface area contributed by atoms with Crippen LogP contribution in [0.25, 0.3) is 5.57 Å². The minimum Gasteiger partial charge on any atom is -0.261 e. The van der Waals surface area contributed by atoms with E-state index < -0.39 is 0 Å². The third-order valence-corrected chi connectivity index (χ3v) is 3.99. The minimum absolute atomic E-state index is 0.957. The van der Waals surface area contributed by atoms with E-state index in [-0.39, 0.29) is 0 Å². The molecule has 0 bridgehead atoms. The average Bonchev–Trinajstić information content (AvgIpc) is 3.13. The van der Waals surface area contributed by atoms with Crippen molar-refractivity contribution in [3.63, 3.8) is 0 Å². The van der Waals surface area contributed by atoms with E-state index in [1.165, 1.54) is 27.8 Å². The monoisotopic (exact) mass is 261 g/mol. The van der Waals surface area contributed by atoms with E-state index in [0.29, 0.717) is 0 Å². The molecule has 0 amide bonds. The summed E-state index contributed by atoms with van der Waals surface area (Å²) in [5.74, 6) is 0. The van der Waals surface area contributed by atoms with E-state index in [9.17, 15) is 0 Å². The molecule has 1 aliphatic heterocycles. The molecule has 0 saturated heterocycles. The van der Waals surface area contributed by atoms with Crippen LogP contribution in [0.5, 0.6) is 0 Å². The van der Waals surface area contributed by atoms with Gasteiger partial charge in [-0.3, -0.25) is 4.99 Å². The van der Waals surface area contributed by atoms with Crippen LogP contribution < -0.4 is 0 Å². The molecule has 1 nitrogen and oxygen atoms in total. The fourth-order valence-corrected chi connectivity index (χ4v) is 2.64. The van der Waals surface area contributed by atoms with Crippen molar-refractivity contribution in [2.75, 3.05) is 0 Å².